The van der Waals surface area contributed by atoms with Crippen molar-refractivity contribution in [2.75, 3.05) is 38.7 Å². The maximum absolute atomic E-state index is 13.7. The van der Waals surface area contributed by atoms with Crippen molar-refractivity contribution in [2.24, 2.45) is 16.7 Å². The summed E-state index contributed by atoms with van der Waals surface area (Å²) in [6, 6.07) is 19.8. The summed E-state index contributed by atoms with van der Waals surface area (Å²) in [6.07, 6.45) is 1.52. The summed E-state index contributed by atoms with van der Waals surface area (Å²) in [4.78, 5) is 54.3. The van der Waals surface area contributed by atoms with Gasteiger partial charge in [0.05, 0.1) is 23.8 Å². The molecule has 3 aromatic rings. The predicted molar refractivity (Wildman–Crippen MR) is 237 cm³/mol. The number of amides is 4. The Morgan fingerprint density at radius 3 is 2.26 bits per heavy atom. The third-order valence-electron chi connectivity index (χ3n) is 11.8. The number of β-amino-alcohol motifs (C(OH)–C–C–N with tert-alkyl or cyclic N) is 1. The fourth-order valence-electron chi connectivity index (χ4n) is 8.72. The molecule has 0 radical (unpaired) electrons. The lowest BCUT2D eigenvalue weighted by molar-refractivity contribution is -0.164. The Morgan fingerprint density at radius 1 is 0.952 bits per heavy atom. The minimum Gasteiger partial charge on any atom is -0.497 e. The van der Waals surface area contributed by atoms with Crippen LogP contribution in [0.4, 0.5) is 5.69 Å². The van der Waals surface area contributed by atoms with Crippen molar-refractivity contribution in [1.29, 1.82) is 5.26 Å². The first-order valence-electron chi connectivity index (χ1n) is 21.2. The number of aliphatic hydroxyl groups excluding tert-OH is 1. The van der Waals surface area contributed by atoms with Crippen LogP contribution < -0.4 is 30.7 Å². The molecule has 62 heavy (non-hydrogen) atoms. The van der Waals surface area contributed by atoms with E-state index < -0.39 is 30.0 Å². The third-order valence-corrected chi connectivity index (χ3v) is 12.2. The Labute approximate surface area is 370 Å². The van der Waals surface area contributed by atoms with Crippen molar-refractivity contribution >= 4 is 40.9 Å². The smallest absolute Gasteiger partial charge is 0.251 e. The summed E-state index contributed by atoms with van der Waals surface area (Å²) in [5.41, 5.74) is 1.95. The number of carbonyl (C=O) groups excluding carboxylic acids is 4. The van der Waals surface area contributed by atoms with E-state index in [9.17, 15) is 29.5 Å². The van der Waals surface area contributed by atoms with Gasteiger partial charge in [-0.15, -0.1) is 0 Å². The van der Waals surface area contributed by atoms with Crippen LogP contribution >= 0.6 is 11.6 Å². The Bertz CT molecular complexity index is 2050. The molecule has 2 fully saturated rings. The molecule has 3 atom stereocenters. The number of carbonyl (C=O) groups is 4. The van der Waals surface area contributed by atoms with E-state index in [1.54, 1.807) is 49.6 Å². The van der Waals surface area contributed by atoms with E-state index in [0.29, 0.717) is 40.8 Å². The zero-order chi connectivity index (χ0) is 45.2. The van der Waals surface area contributed by atoms with Crippen molar-refractivity contribution in [3.63, 3.8) is 0 Å². The molecule has 14 nitrogen and oxygen atoms in total. The van der Waals surface area contributed by atoms with Gasteiger partial charge in [-0.3, -0.25) is 19.2 Å². The largest absolute Gasteiger partial charge is 0.497 e. The van der Waals surface area contributed by atoms with Gasteiger partial charge in [0.25, 0.3) is 5.91 Å². The number of ether oxygens (including phenoxy) is 3. The van der Waals surface area contributed by atoms with E-state index in [-0.39, 0.29) is 66.8 Å². The van der Waals surface area contributed by atoms with Gasteiger partial charge in [0.1, 0.15) is 42.4 Å². The molecular formula is C47H61ClN6O8. The van der Waals surface area contributed by atoms with Crippen LogP contribution in [-0.2, 0) is 25.7 Å². The maximum atomic E-state index is 13.7. The lowest BCUT2D eigenvalue weighted by Crippen LogP contribution is -2.74. The first kappa shape index (κ1) is 47.7. The van der Waals surface area contributed by atoms with E-state index in [0.717, 1.165) is 30.5 Å². The number of aliphatic hydroxyl groups is 1. The van der Waals surface area contributed by atoms with Gasteiger partial charge in [0.15, 0.2) is 0 Å². The van der Waals surface area contributed by atoms with E-state index in [1.165, 1.54) is 4.90 Å². The van der Waals surface area contributed by atoms with Gasteiger partial charge >= 0.3 is 0 Å². The summed E-state index contributed by atoms with van der Waals surface area (Å²) in [6.45, 7) is 13.0. The summed E-state index contributed by atoms with van der Waals surface area (Å²) >= 11 is 6.23. The number of rotatable bonds is 20. The number of nitriles is 1. The normalized spacial score (nSPS) is 20.3. The van der Waals surface area contributed by atoms with Crippen molar-refractivity contribution in [3.8, 4) is 17.6 Å². The third kappa shape index (κ3) is 11.8. The summed E-state index contributed by atoms with van der Waals surface area (Å²) in [5.74, 6) is -0.371. The van der Waals surface area contributed by atoms with Gasteiger partial charge in [0.2, 0.25) is 17.7 Å². The minimum absolute atomic E-state index is 0.00229. The Kier molecular flexibility index (Phi) is 16.3. The second kappa shape index (κ2) is 21.1. The molecule has 0 aromatic heterocycles. The number of unbranched alkanes of at least 4 members (excludes halogenated alkanes) is 2. The first-order valence-corrected chi connectivity index (χ1v) is 21.6. The highest BCUT2D eigenvalue weighted by molar-refractivity contribution is 6.31. The van der Waals surface area contributed by atoms with Crippen LogP contribution in [0.15, 0.2) is 66.7 Å². The molecular weight excluding hydrogens is 812 g/mol. The fourth-order valence-corrected chi connectivity index (χ4v) is 8.93. The highest BCUT2D eigenvalue weighted by atomic mass is 35.5. The molecule has 1 aliphatic carbocycles. The molecule has 334 valence electrons. The van der Waals surface area contributed by atoms with Gasteiger partial charge in [-0.05, 0) is 79.3 Å². The zero-order valence-electron chi connectivity index (χ0n) is 36.8. The molecule has 1 aliphatic heterocycles. The lowest BCUT2D eigenvalue weighted by Gasteiger charge is -2.63. The van der Waals surface area contributed by atoms with Crippen LogP contribution in [0.25, 0.3) is 0 Å². The number of nitrogens with zero attached hydrogens (tertiary/aromatic N) is 2. The average molecular weight is 873 g/mol. The molecule has 3 aromatic carbocycles. The molecule has 0 unspecified atom stereocenters. The van der Waals surface area contributed by atoms with Gasteiger partial charge in [-0.1, -0.05) is 65.3 Å². The van der Waals surface area contributed by atoms with E-state index in [4.69, 9.17) is 25.8 Å². The Balaban J connectivity index is 0.975. The number of hydrogen-bond donors (Lipinski definition) is 5. The number of halogens is 1. The van der Waals surface area contributed by atoms with E-state index >= 15 is 0 Å². The predicted octanol–water partition coefficient (Wildman–Crippen LogP) is 5.85. The first-order chi connectivity index (χ1) is 29.5. The molecule has 1 saturated heterocycles. The number of hydrogen-bond acceptors (Lipinski definition) is 10. The number of nitrogens with one attached hydrogen (secondary N) is 4. The molecule has 4 amide bonds. The maximum Gasteiger partial charge on any atom is 0.251 e. The van der Waals surface area contributed by atoms with Crippen LogP contribution in [-0.4, -0.2) is 97.4 Å². The summed E-state index contributed by atoms with van der Waals surface area (Å²) in [7, 11) is 1.58. The van der Waals surface area contributed by atoms with Crippen molar-refractivity contribution in [1.82, 2.24) is 20.9 Å². The SMILES string of the molecule is COc1ccc(CNC(=O)[C@@H]2C[C@@H](O)CN2C(=O)[C@@H](NC(=O)COCCCCCNc2ccc(C(=O)NC3C(C)(C)C(Oc4ccc(C#N)c(Cl)c4)C3(C)C)cc2)C(C)C)cc1. The van der Waals surface area contributed by atoms with Crippen LogP contribution in [0.1, 0.15) is 88.7 Å². The summed E-state index contributed by atoms with van der Waals surface area (Å²) < 4.78 is 17.1. The Morgan fingerprint density at radius 2 is 1.63 bits per heavy atom. The van der Waals surface area contributed by atoms with E-state index in [1.807, 2.05) is 38.1 Å². The standard InChI is InChI=1S/C47H61ClN6O8/c1-29(2)40(43(59)54-27-34(55)23-38(54)42(58)51-26-30-11-18-35(60-7)19-12-30)52-39(56)28-61-22-10-8-9-21-50-33-16-13-31(14-17-33)41(57)53-44-46(3,4)45(47(44,5)6)62-36-20-15-32(25-49)37(48)24-36/h11-20,24,29,34,38,40,44-45,50,55H,8-10,21-23,26-28H2,1-7H3,(H,51,58)(H,52,56)(H,53,57)/t34-,38+,40+,44?,45?/m1/s1. The van der Waals surface area contributed by atoms with Crippen molar-refractivity contribution in [2.45, 2.75) is 104 Å². The fraction of sp³-hybridized carbons (Fsp3) is 0.511. The molecule has 1 saturated carbocycles. The molecule has 1 heterocycles. The summed E-state index contributed by atoms with van der Waals surface area (Å²) in [5, 5.41) is 32.2. The zero-order valence-corrected chi connectivity index (χ0v) is 37.5. The molecule has 0 spiro atoms. The van der Waals surface area contributed by atoms with Gasteiger partial charge < -0.3 is 45.5 Å². The number of benzene rings is 3. The molecule has 5 rings (SSSR count). The van der Waals surface area contributed by atoms with Crippen LogP contribution in [0.3, 0.4) is 0 Å². The van der Waals surface area contributed by atoms with Crippen LogP contribution in [0.5, 0.6) is 11.5 Å². The van der Waals surface area contributed by atoms with Crippen LogP contribution in [0, 0.1) is 28.1 Å². The Hall–Kier alpha value is -5.36. The van der Waals surface area contributed by atoms with Gasteiger partial charge in [-0.25, -0.2) is 0 Å². The van der Waals surface area contributed by atoms with Gasteiger partial charge in [-0.2, -0.15) is 5.26 Å². The van der Waals surface area contributed by atoms with Crippen LogP contribution in [0.2, 0.25) is 5.02 Å². The topological polar surface area (TPSA) is 191 Å². The quantitative estimate of drug-likeness (QED) is 0.0862. The second-order valence-electron chi connectivity index (χ2n) is 17.7. The number of methoxy groups -OCH3 is 1. The number of anilines is 1. The molecule has 15 heteroatoms. The molecule has 2 aliphatic rings. The lowest BCUT2D eigenvalue weighted by atomic mass is 9.49. The second-order valence-corrected chi connectivity index (χ2v) is 18.1. The van der Waals surface area contributed by atoms with Crippen molar-refractivity contribution < 1.29 is 38.5 Å². The van der Waals surface area contributed by atoms with Gasteiger partial charge in [0, 0.05) is 66.9 Å². The highest BCUT2D eigenvalue weighted by Gasteiger charge is 2.64. The minimum atomic E-state index is -0.888. The van der Waals surface area contributed by atoms with E-state index in [2.05, 4.69) is 55.0 Å². The number of likely N-dealkylation sites (tertiary alicyclic amines) is 1. The van der Waals surface area contributed by atoms with Crippen molar-refractivity contribution in [3.05, 3.63) is 88.4 Å². The average Bonchev–Trinajstić information content (AvgIpc) is 3.65. The highest BCUT2D eigenvalue weighted by Crippen LogP contribution is 2.55. The molecule has 0 bridgehead atoms. The monoisotopic (exact) mass is 872 g/mol. The molecule has 5 N–H and O–H groups in total.